The predicted octanol–water partition coefficient (Wildman–Crippen LogP) is 7.21. The van der Waals surface area contributed by atoms with Gasteiger partial charge in [0.2, 0.25) is 0 Å². The van der Waals surface area contributed by atoms with Crippen LogP contribution in [-0.4, -0.2) is 19.4 Å². The van der Waals surface area contributed by atoms with Gasteiger partial charge in [0.05, 0.1) is 0 Å². The number of phosphoric acid groups is 1. The molecule has 0 atom stereocenters. The van der Waals surface area contributed by atoms with E-state index < -0.39 is 14.7 Å². The maximum atomic E-state index is 14.2. The summed E-state index contributed by atoms with van der Waals surface area (Å²) < 4.78 is 32.9. The summed E-state index contributed by atoms with van der Waals surface area (Å²) >= 11 is 0. The van der Waals surface area contributed by atoms with E-state index >= 15 is 0 Å². The van der Waals surface area contributed by atoms with Gasteiger partial charge in [0.15, 0.2) is 0 Å². The van der Waals surface area contributed by atoms with E-state index in [0.717, 1.165) is 41.6 Å². The van der Waals surface area contributed by atoms with Gasteiger partial charge in [0, 0.05) is 0 Å². The molecule has 0 aliphatic carbocycles. The average Bonchev–Trinajstić information content (AvgIpc) is 2.88. The molecule has 0 aliphatic rings. The summed E-state index contributed by atoms with van der Waals surface area (Å²) in [6.45, 7) is 2.54. The molecule has 0 spiro atoms. The molecule has 0 amide bonds. The molecular formula is C28H38O4P2. The third kappa shape index (κ3) is 5.38. The maximum absolute atomic E-state index is 14.2. The van der Waals surface area contributed by atoms with Gasteiger partial charge in [-0.2, -0.15) is 0 Å². The van der Waals surface area contributed by atoms with Crippen molar-refractivity contribution in [3.05, 3.63) is 91.0 Å². The van der Waals surface area contributed by atoms with Gasteiger partial charge in [0.25, 0.3) is 0 Å². The Balaban J connectivity index is 2.43. The molecule has 0 aromatic heterocycles. The molecule has 3 aromatic rings. The second kappa shape index (κ2) is 12.2. The van der Waals surface area contributed by atoms with Gasteiger partial charge in [-0.05, 0) is 0 Å². The SMILES string of the molecule is CCCCCCP(OP(=O)(OCC)OCC)(c1ccccc1)(c1ccccc1)c1ccccc1. The molecule has 4 nitrogen and oxygen atoms in total. The molecule has 0 bridgehead atoms. The Labute approximate surface area is 205 Å². The fraction of sp³-hybridized carbons (Fsp3) is 0.357. The van der Waals surface area contributed by atoms with Crippen LogP contribution in [0, 0.1) is 0 Å². The van der Waals surface area contributed by atoms with Crippen molar-refractivity contribution in [2.24, 2.45) is 0 Å². The van der Waals surface area contributed by atoms with E-state index in [1.807, 2.05) is 68.4 Å². The van der Waals surface area contributed by atoms with E-state index in [2.05, 4.69) is 43.3 Å². The molecule has 0 saturated carbocycles. The zero-order chi connectivity index (χ0) is 24.4. The summed E-state index contributed by atoms with van der Waals surface area (Å²) in [5, 5.41) is 3.09. The van der Waals surface area contributed by atoms with Crippen molar-refractivity contribution in [1.29, 1.82) is 0 Å². The zero-order valence-corrected chi connectivity index (χ0v) is 22.4. The van der Waals surface area contributed by atoms with E-state index in [0.29, 0.717) is 6.16 Å². The predicted molar refractivity (Wildman–Crippen MR) is 146 cm³/mol. The first-order chi connectivity index (χ1) is 16.5. The number of rotatable bonds is 14. The van der Waals surface area contributed by atoms with Crippen LogP contribution in [0.15, 0.2) is 91.0 Å². The Morgan fingerprint density at radius 1 is 0.618 bits per heavy atom. The second-order valence-corrected chi connectivity index (χ2v) is 14.9. The van der Waals surface area contributed by atoms with Gasteiger partial charge in [-0.15, -0.1) is 0 Å². The summed E-state index contributed by atoms with van der Waals surface area (Å²) in [7, 11) is -3.90. The quantitative estimate of drug-likeness (QED) is 0.173. The Bertz CT molecular complexity index is 932. The van der Waals surface area contributed by atoms with E-state index in [-0.39, 0.29) is 13.2 Å². The van der Waals surface area contributed by atoms with Gasteiger partial charge in [-0.3, -0.25) is 0 Å². The second-order valence-electron chi connectivity index (χ2n) is 8.37. The fourth-order valence-electron chi connectivity index (χ4n) is 4.71. The summed E-state index contributed by atoms with van der Waals surface area (Å²) in [5.74, 6) is 0. The van der Waals surface area contributed by atoms with Gasteiger partial charge in [-0.1, -0.05) is 0 Å². The molecule has 0 fully saturated rings. The molecular weight excluding hydrogens is 462 g/mol. The van der Waals surface area contributed by atoms with Crippen LogP contribution in [0.5, 0.6) is 0 Å². The molecule has 0 heterocycles. The minimum absolute atomic E-state index is 0.234. The summed E-state index contributed by atoms with van der Waals surface area (Å²) in [6.07, 6.45) is 4.99. The van der Waals surface area contributed by atoms with Crippen LogP contribution in [0.4, 0.5) is 0 Å². The normalized spacial score (nSPS) is 13.3. The van der Waals surface area contributed by atoms with Crippen LogP contribution in [0.1, 0.15) is 46.5 Å². The van der Waals surface area contributed by atoms with Crippen LogP contribution in [0.2, 0.25) is 0 Å². The monoisotopic (exact) mass is 500 g/mol. The van der Waals surface area contributed by atoms with E-state index in [4.69, 9.17) is 13.4 Å². The van der Waals surface area contributed by atoms with Crippen LogP contribution in [-0.2, 0) is 17.9 Å². The third-order valence-electron chi connectivity index (χ3n) is 6.20. The van der Waals surface area contributed by atoms with Crippen LogP contribution in [0.3, 0.4) is 0 Å². The average molecular weight is 501 g/mol. The molecule has 34 heavy (non-hydrogen) atoms. The number of hydrogen-bond donors (Lipinski definition) is 0. The minimum atomic E-state index is -3.90. The summed E-state index contributed by atoms with van der Waals surface area (Å²) in [5.41, 5.74) is 0. The number of hydrogen-bond acceptors (Lipinski definition) is 4. The molecule has 3 rings (SSSR count). The molecule has 0 aliphatic heterocycles. The number of unbranched alkanes of at least 4 members (excludes halogenated alkanes) is 3. The number of phosphoric ester groups is 1. The van der Waals surface area contributed by atoms with Crippen molar-refractivity contribution < 1.29 is 17.9 Å². The molecule has 0 unspecified atom stereocenters. The fourth-order valence-corrected chi connectivity index (χ4v) is 13.9. The third-order valence-corrected chi connectivity index (χ3v) is 14.9. The Morgan fingerprint density at radius 2 is 1.03 bits per heavy atom. The molecule has 6 heteroatoms. The zero-order valence-electron chi connectivity index (χ0n) is 20.6. The van der Waals surface area contributed by atoms with E-state index in [1.54, 1.807) is 0 Å². The molecule has 3 aromatic carbocycles. The van der Waals surface area contributed by atoms with Crippen molar-refractivity contribution in [1.82, 2.24) is 0 Å². The van der Waals surface area contributed by atoms with Crippen LogP contribution >= 0.6 is 14.7 Å². The van der Waals surface area contributed by atoms with E-state index in [9.17, 15) is 4.57 Å². The van der Waals surface area contributed by atoms with Crippen molar-refractivity contribution in [2.75, 3.05) is 19.4 Å². The standard InChI is InChI=1S/C28H38O4P2/c1-4-7-8-18-25-34(26-19-12-9-13-20-26,27-21-14-10-15-22-27,28-23-16-11-17-24-28)32-33(29,30-5-2)31-6-3/h9-17,19-24H,4-8,18,25H2,1-3H3. The van der Waals surface area contributed by atoms with Crippen LogP contribution in [0.25, 0.3) is 0 Å². The Morgan fingerprint density at radius 3 is 1.38 bits per heavy atom. The first-order valence-electron chi connectivity index (χ1n) is 12.3. The first kappa shape index (κ1) is 26.8. The van der Waals surface area contributed by atoms with Gasteiger partial charge in [0.1, 0.15) is 0 Å². The van der Waals surface area contributed by atoms with Crippen molar-refractivity contribution in [3.63, 3.8) is 0 Å². The van der Waals surface area contributed by atoms with Gasteiger partial charge in [-0.25, -0.2) is 0 Å². The Kier molecular flexibility index (Phi) is 9.65. The molecule has 184 valence electrons. The van der Waals surface area contributed by atoms with Gasteiger partial charge < -0.3 is 0 Å². The summed E-state index contributed by atoms with van der Waals surface area (Å²) in [6, 6.07) is 30.9. The molecule has 0 N–H and O–H groups in total. The number of benzene rings is 3. The van der Waals surface area contributed by atoms with Crippen LogP contribution < -0.4 is 15.9 Å². The molecule has 0 radical (unpaired) electrons. The first-order valence-corrected chi connectivity index (χ1v) is 16.1. The molecule has 0 saturated heterocycles. The van der Waals surface area contributed by atoms with Crippen molar-refractivity contribution in [2.45, 2.75) is 46.5 Å². The Hall–Kier alpha value is -1.80. The van der Waals surface area contributed by atoms with Crippen molar-refractivity contribution in [3.8, 4) is 0 Å². The van der Waals surface area contributed by atoms with E-state index in [1.165, 1.54) is 0 Å². The summed E-state index contributed by atoms with van der Waals surface area (Å²) in [4.78, 5) is 0. The van der Waals surface area contributed by atoms with Gasteiger partial charge >= 0.3 is 205 Å². The topological polar surface area (TPSA) is 44.8 Å². The van der Waals surface area contributed by atoms with Crippen molar-refractivity contribution >= 4 is 30.6 Å².